The molecule has 0 radical (unpaired) electrons. The van der Waals surface area contributed by atoms with Crippen molar-refractivity contribution in [3.8, 4) is 23.0 Å². The highest BCUT2D eigenvalue weighted by Crippen LogP contribution is 2.42. The Morgan fingerprint density at radius 1 is 1.06 bits per heavy atom. The van der Waals surface area contributed by atoms with E-state index < -0.39 is 23.6 Å². The maximum Gasteiger partial charge on any atom is 0.319 e. The number of ether oxygens (including phenoxy) is 3. The van der Waals surface area contributed by atoms with Gasteiger partial charge in [0.2, 0.25) is 0 Å². The van der Waals surface area contributed by atoms with Crippen LogP contribution in [0.4, 0.5) is 19.0 Å². The van der Waals surface area contributed by atoms with E-state index in [9.17, 15) is 9.50 Å². The van der Waals surface area contributed by atoms with Crippen LogP contribution in [-0.2, 0) is 11.2 Å². The number of alkyl halides is 1. The van der Waals surface area contributed by atoms with Crippen LogP contribution in [0.3, 0.4) is 0 Å². The van der Waals surface area contributed by atoms with Crippen LogP contribution in [0.15, 0.2) is 30.5 Å². The quantitative estimate of drug-likeness (QED) is 0.220. The predicted molar refractivity (Wildman–Crippen MR) is 173 cm³/mol. The van der Waals surface area contributed by atoms with Crippen LogP contribution < -0.4 is 14.4 Å². The first kappa shape index (κ1) is 31.8. The third-order valence-electron chi connectivity index (χ3n) is 9.97. The third-order valence-corrected chi connectivity index (χ3v) is 9.97. The van der Waals surface area contributed by atoms with E-state index in [4.69, 9.17) is 19.2 Å². The average molecular weight is 652 g/mol. The van der Waals surface area contributed by atoms with Crippen molar-refractivity contribution < 1.29 is 32.5 Å². The zero-order valence-electron chi connectivity index (χ0n) is 26.8. The van der Waals surface area contributed by atoms with Crippen molar-refractivity contribution >= 4 is 27.5 Å². The molecule has 0 amide bonds. The molecule has 2 aromatic carbocycles. The van der Waals surface area contributed by atoms with Gasteiger partial charge in [-0.15, -0.1) is 0 Å². The van der Waals surface area contributed by atoms with Gasteiger partial charge in [-0.3, -0.25) is 9.88 Å². The summed E-state index contributed by atoms with van der Waals surface area (Å²) >= 11 is 0. The van der Waals surface area contributed by atoms with Crippen LogP contribution in [0.1, 0.15) is 51.0 Å². The molecule has 0 bridgehead atoms. The number of nitrogens with zero attached hydrogens (tertiary/aromatic N) is 5. The molecular formula is C35H40F3N5O4. The molecule has 1 N–H and O–H groups in total. The molecule has 1 unspecified atom stereocenters. The van der Waals surface area contributed by atoms with E-state index in [0.29, 0.717) is 84.2 Å². The van der Waals surface area contributed by atoms with Crippen molar-refractivity contribution in [3.63, 3.8) is 0 Å². The highest BCUT2D eigenvalue weighted by Gasteiger charge is 2.49. The van der Waals surface area contributed by atoms with Gasteiger partial charge in [0.15, 0.2) is 12.6 Å². The van der Waals surface area contributed by atoms with Crippen LogP contribution >= 0.6 is 0 Å². The lowest BCUT2D eigenvalue weighted by Crippen LogP contribution is -2.43. The summed E-state index contributed by atoms with van der Waals surface area (Å²) in [4.78, 5) is 18.1. The summed E-state index contributed by atoms with van der Waals surface area (Å²) in [6.45, 7) is 4.34. The zero-order chi connectivity index (χ0) is 32.7. The minimum absolute atomic E-state index is 0.000734. The molecule has 0 aliphatic carbocycles. The standard InChI is InChI=1S/C35H40F3N5O4/c1-3-25-28(37)8-7-21-14-24(47-20-45-2)15-26(29(21)25)31-30(38)32-27(17-39-31)33(42-11-4-6-23(44)9-13-42)41-34(40-32)46-19-35-10-5-12-43(35)18-22(36)16-35/h7-8,14-15,17,22-23,44H,3-6,9-13,16,18-20H2,1-2H3/t22-,23?,35+/m1/s1. The first-order valence-electron chi connectivity index (χ1n) is 16.5. The van der Waals surface area contributed by atoms with Crippen LogP contribution in [0.2, 0.25) is 0 Å². The first-order chi connectivity index (χ1) is 22.8. The Bertz CT molecular complexity index is 1790. The Labute approximate surface area is 271 Å². The Hall–Kier alpha value is -3.74. The van der Waals surface area contributed by atoms with E-state index in [1.807, 2.05) is 11.8 Å². The molecule has 3 saturated heterocycles. The molecule has 250 valence electrons. The van der Waals surface area contributed by atoms with Gasteiger partial charge in [0.25, 0.3) is 0 Å². The minimum atomic E-state index is -0.919. The molecule has 0 saturated carbocycles. The molecule has 5 heterocycles. The number of aromatic nitrogens is 3. The van der Waals surface area contributed by atoms with E-state index in [1.54, 1.807) is 24.4 Å². The second-order valence-corrected chi connectivity index (χ2v) is 12.9. The number of hydrogen-bond donors (Lipinski definition) is 1. The number of pyridine rings is 1. The molecule has 3 aliphatic heterocycles. The summed E-state index contributed by atoms with van der Waals surface area (Å²) in [6, 6.07) is 6.46. The van der Waals surface area contributed by atoms with Crippen molar-refractivity contribution in [2.45, 2.75) is 69.7 Å². The van der Waals surface area contributed by atoms with Gasteiger partial charge in [0.1, 0.15) is 41.4 Å². The van der Waals surface area contributed by atoms with Crippen molar-refractivity contribution in [3.05, 3.63) is 47.7 Å². The monoisotopic (exact) mass is 651 g/mol. The van der Waals surface area contributed by atoms with Gasteiger partial charge >= 0.3 is 6.01 Å². The molecule has 2 aromatic heterocycles. The summed E-state index contributed by atoms with van der Waals surface area (Å²) in [5.41, 5.74) is 0.376. The predicted octanol–water partition coefficient (Wildman–Crippen LogP) is 5.97. The lowest BCUT2D eigenvalue weighted by atomic mass is 9.94. The third kappa shape index (κ3) is 5.95. The van der Waals surface area contributed by atoms with Crippen molar-refractivity contribution in [1.82, 2.24) is 19.9 Å². The fourth-order valence-corrected chi connectivity index (χ4v) is 7.68. The second kappa shape index (κ2) is 13.0. The van der Waals surface area contributed by atoms with Gasteiger partial charge in [-0.2, -0.15) is 9.97 Å². The number of aryl methyl sites for hydroxylation is 1. The van der Waals surface area contributed by atoms with Gasteiger partial charge in [-0.1, -0.05) is 13.0 Å². The number of benzene rings is 2. The SMILES string of the molecule is CCc1c(F)ccc2cc(OCOC)cc(-c3ncc4c(N5CCCC(O)CC5)nc(OC[C@@]56CCCN5C[C@H](F)C6)nc4c3F)c12. The number of aliphatic hydroxyl groups excluding tert-OH is 1. The van der Waals surface area contributed by atoms with Crippen LogP contribution in [0.25, 0.3) is 32.9 Å². The molecule has 9 nitrogen and oxygen atoms in total. The normalized spacial score (nSPS) is 23.4. The van der Waals surface area contributed by atoms with Crippen molar-refractivity contribution in [2.24, 2.45) is 0 Å². The fraction of sp³-hybridized carbons (Fsp3) is 0.514. The van der Waals surface area contributed by atoms with E-state index >= 15 is 8.78 Å². The highest BCUT2D eigenvalue weighted by atomic mass is 19.1. The molecule has 7 rings (SSSR count). The lowest BCUT2D eigenvalue weighted by Gasteiger charge is -2.31. The smallest absolute Gasteiger partial charge is 0.319 e. The zero-order valence-corrected chi connectivity index (χ0v) is 26.8. The number of hydrogen-bond acceptors (Lipinski definition) is 9. The molecule has 3 fully saturated rings. The molecule has 12 heteroatoms. The van der Waals surface area contributed by atoms with E-state index in [2.05, 4.69) is 14.9 Å². The number of methoxy groups -OCH3 is 1. The Morgan fingerprint density at radius 3 is 2.77 bits per heavy atom. The van der Waals surface area contributed by atoms with Gasteiger partial charge in [0.05, 0.1) is 17.0 Å². The number of fused-ring (bicyclic) bond motifs is 3. The summed E-state index contributed by atoms with van der Waals surface area (Å²) in [6.07, 6.45) is 4.67. The van der Waals surface area contributed by atoms with E-state index in [-0.39, 0.29) is 36.4 Å². The lowest BCUT2D eigenvalue weighted by molar-refractivity contribution is 0.0512. The van der Waals surface area contributed by atoms with Crippen LogP contribution in [-0.4, -0.2) is 89.5 Å². The average Bonchev–Trinajstić information content (AvgIpc) is 3.50. The number of halogens is 3. The molecule has 47 heavy (non-hydrogen) atoms. The summed E-state index contributed by atoms with van der Waals surface area (Å²) in [7, 11) is 1.51. The molecule has 3 atom stereocenters. The van der Waals surface area contributed by atoms with Gasteiger partial charge in [-0.25, -0.2) is 13.2 Å². The largest absolute Gasteiger partial charge is 0.468 e. The topological polar surface area (TPSA) is 93.1 Å². The summed E-state index contributed by atoms with van der Waals surface area (Å²) in [5, 5.41) is 11.9. The highest BCUT2D eigenvalue weighted by molar-refractivity contribution is 6.01. The first-order valence-corrected chi connectivity index (χ1v) is 16.5. The number of aliphatic hydroxyl groups is 1. The minimum Gasteiger partial charge on any atom is -0.468 e. The van der Waals surface area contributed by atoms with Crippen molar-refractivity contribution in [2.75, 3.05) is 51.6 Å². The molecular weight excluding hydrogens is 611 g/mol. The molecule has 4 aromatic rings. The Kier molecular flexibility index (Phi) is 8.84. The van der Waals surface area contributed by atoms with Crippen molar-refractivity contribution in [1.29, 1.82) is 0 Å². The molecule has 0 spiro atoms. The summed E-state index contributed by atoms with van der Waals surface area (Å²) < 4.78 is 63.7. The number of rotatable bonds is 9. The summed E-state index contributed by atoms with van der Waals surface area (Å²) in [5.74, 6) is -0.204. The van der Waals surface area contributed by atoms with Crippen LogP contribution in [0, 0.1) is 11.6 Å². The van der Waals surface area contributed by atoms with E-state index in [0.717, 1.165) is 25.8 Å². The maximum atomic E-state index is 17.0. The van der Waals surface area contributed by atoms with Crippen LogP contribution in [0.5, 0.6) is 11.8 Å². The Morgan fingerprint density at radius 2 is 1.94 bits per heavy atom. The Balaban J connectivity index is 1.38. The van der Waals surface area contributed by atoms with Gasteiger partial charge in [-0.05, 0) is 79.6 Å². The maximum absolute atomic E-state index is 17.0. The number of anilines is 1. The molecule has 3 aliphatic rings. The fourth-order valence-electron chi connectivity index (χ4n) is 7.68. The van der Waals surface area contributed by atoms with Gasteiger partial charge < -0.3 is 24.2 Å². The van der Waals surface area contributed by atoms with E-state index in [1.165, 1.54) is 13.2 Å². The second-order valence-electron chi connectivity index (χ2n) is 12.9. The van der Waals surface area contributed by atoms with Gasteiger partial charge in [0, 0.05) is 44.9 Å².